The molecule has 2 aliphatic carbocycles. The number of halogens is 3. The number of rotatable bonds is 4. The summed E-state index contributed by atoms with van der Waals surface area (Å²) in [5.74, 6) is -5.70. The molecular weight excluding hydrogens is 523 g/mol. The number of carbonyl (C=O) groups is 3. The van der Waals surface area contributed by atoms with Gasteiger partial charge in [-0.3, -0.25) is 0 Å². The van der Waals surface area contributed by atoms with Crippen molar-refractivity contribution in [2.45, 2.75) is 60.8 Å². The third-order valence-electron chi connectivity index (χ3n) is 7.61. The molecule has 0 amide bonds. The molecular formula is C23H24F3NO11. The lowest BCUT2D eigenvalue weighted by Gasteiger charge is -2.61. The van der Waals surface area contributed by atoms with E-state index in [4.69, 9.17) is 24.5 Å². The molecule has 15 heteroatoms. The van der Waals surface area contributed by atoms with Crippen molar-refractivity contribution in [3.8, 4) is 11.5 Å². The molecule has 1 aromatic rings. The minimum atomic E-state index is -5.08. The number of esters is 1. The average Bonchev–Trinajstić information content (AvgIpc) is 3.19. The number of phenolic OH excluding ortho intramolecular Hbond substituents is 1. The largest absolute Gasteiger partial charge is 0.504 e. The number of piperidine rings is 1. The van der Waals surface area contributed by atoms with Crippen LogP contribution in [0.5, 0.6) is 11.5 Å². The maximum Gasteiger partial charge on any atom is 0.490 e. The molecule has 0 saturated carbocycles. The Kier molecular flexibility index (Phi) is 6.63. The molecule has 38 heavy (non-hydrogen) atoms. The number of hydrogen-bond donors (Lipinski definition) is 6. The monoisotopic (exact) mass is 547 g/mol. The van der Waals surface area contributed by atoms with Gasteiger partial charge in [-0.15, -0.1) is 0 Å². The molecule has 1 fully saturated rings. The number of aromatic hydroxyl groups is 1. The summed E-state index contributed by atoms with van der Waals surface area (Å²) >= 11 is 0. The summed E-state index contributed by atoms with van der Waals surface area (Å²) in [6.07, 6.45) is -7.99. The number of hydrogen-bond acceptors (Lipinski definition) is 10. The number of benzene rings is 1. The highest BCUT2D eigenvalue weighted by atomic mass is 19.4. The van der Waals surface area contributed by atoms with Crippen LogP contribution in [0.25, 0.3) is 0 Å². The Labute approximate surface area is 212 Å². The number of ether oxygens (including phenoxy) is 2. The Morgan fingerprint density at radius 3 is 2.39 bits per heavy atom. The Hall–Kier alpha value is -3.40. The van der Waals surface area contributed by atoms with E-state index in [1.54, 1.807) is 0 Å². The van der Waals surface area contributed by atoms with Crippen LogP contribution in [-0.4, -0.2) is 103 Å². The van der Waals surface area contributed by atoms with Crippen molar-refractivity contribution in [1.82, 2.24) is 4.90 Å². The normalized spacial score (nSPS) is 30.4. The van der Waals surface area contributed by atoms with Gasteiger partial charge in [0.1, 0.15) is 5.76 Å². The van der Waals surface area contributed by atoms with Gasteiger partial charge in [0.05, 0.1) is 11.0 Å². The van der Waals surface area contributed by atoms with Gasteiger partial charge >= 0.3 is 24.1 Å². The standard InChI is InChI=1S/C21H23NO9.C2HF3O2/c1-22-7-6-20-13-9-2-3-10(23)16(13)31-17(20)11(4-5-21(20,29)12(22)8-9)30-19(28)15(25)14(24)18(26)27;3-2(4,5)1(6)7/h2-4,12,14-15,17,23-25,29H,5-8H2,1H3,(H,26,27);(H,6,7)/t12-,14-,15-,17+,20+,21-;/m1./s1. The van der Waals surface area contributed by atoms with Crippen LogP contribution in [0.2, 0.25) is 0 Å². The van der Waals surface area contributed by atoms with Gasteiger partial charge in [-0.2, -0.15) is 13.2 Å². The van der Waals surface area contributed by atoms with Crippen LogP contribution < -0.4 is 4.74 Å². The molecule has 5 rings (SSSR count). The summed E-state index contributed by atoms with van der Waals surface area (Å²) in [4.78, 5) is 34.2. The van der Waals surface area contributed by atoms with Crippen LogP contribution >= 0.6 is 0 Å². The first-order valence-corrected chi connectivity index (χ1v) is 11.3. The molecule has 0 aromatic heterocycles. The van der Waals surface area contributed by atoms with Gasteiger partial charge in [-0.05, 0) is 44.1 Å². The highest BCUT2D eigenvalue weighted by molar-refractivity contribution is 5.85. The molecule has 2 aliphatic heterocycles. The van der Waals surface area contributed by atoms with Gasteiger partial charge < -0.3 is 45.0 Å². The number of likely N-dealkylation sites (N-methyl/N-ethyl adjacent to an activating group) is 1. The lowest BCUT2D eigenvalue weighted by Crippen LogP contribution is -2.74. The van der Waals surface area contributed by atoms with E-state index in [2.05, 4.69) is 4.90 Å². The first-order chi connectivity index (χ1) is 17.6. The van der Waals surface area contributed by atoms with E-state index in [9.17, 15) is 43.2 Å². The molecule has 4 aliphatic rings. The second-order valence-electron chi connectivity index (χ2n) is 9.55. The Morgan fingerprint density at radius 2 is 1.82 bits per heavy atom. The highest BCUT2D eigenvalue weighted by Gasteiger charge is 2.72. The highest BCUT2D eigenvalue weighted by Crippen LogP contribution is 2.65. The zero-order chi connectivity index (χ0) is 28.4. The molecule has 0 unspecified atom stereocenters. The quantitative estimate of drug-likeness (QED) is 0.269. The van der Waals surface area contributed by atoms with E-state index in [-0.39, 0.29) is 29.7 Å². The average molecular weight is 547 g/mol. The molecule has 1 saturated heterocycles. The number of nitrogens with zero attached hydrogens (tertiary/aromatic N) is 1. The van der Waals surface area contributed by atoms with Crippen LogP contribution in [0.1, 0.15) is 24.0 Å². The van der Waals surface area contributed by atoms with Crippen molar-refractivity contribution < 1.29 is 67.7 Å². The fourth-order valence-corrected chi connectivity index (χ4v) is 5.88. The molecule has 0 radical (unpaired) electrons. The Bertz CT molecular complexity index is 1220. The van der Waals surface area contributed by atoms with E-state index >= 15 is 0 Å². The second-order valence-corrected chi connectivity index (χ2v) is 9.55. The first kappa shape index (κ1) is 27.6. The van der Waals surface area contributed by atoms with Gasteiger partial charge in [-0.1, -0.05) is 6.07 Å². The van der Waals surface area contributed by atoms with Crippen LogP contribution in [0.4, 0.5) is 13.2 Å². The van der Waals surface area contributed by atoms with Crippen molar-refractivity contribution in [2.75, 3.05) is 13.6 Å². The van der Waals surface area contributed by atoms with E-state index in [0.717, 1.165) is 5.56 Å². The number of carboxylic acids is 2. The fraction of sp³-hybridized carbons (Fsp3) is 0.522. The molecule has 6 N–H and O–H groups in total. The second kappa shape index (κ2) is 9.11. The number of aliphatic hydroxyl groups is 3. The predicted octanol–water partition coefficient (Wildman–Crippen LogP) is -0.347. The van der Waals surface area contributed by atoms with Crippen molar-refractivity contribution in [1.29, 1.82) is 0 Å². The minimum absolute atomic E-state index is 0.0121. The number of aliphatic carboxylic acids is 2. The lowest BCUT2D eigenvalue weighted by atomic mass is 9.50. The summed E-state index contributed by atoms with van der Waals surface area (Å²) in [5.41, 5.74) is -0.583. The maximum atomic E-state index is 12.3. The maximum absolute atomic E-state index is 12.3. The lowest BCUT2D eigenvalue weighted by molar-refractivity contribution is -0.192. The zero-order valence-corrected chi connectivity index (χ0v) is 19.7. The van der Waals surface area contributed by atoms with Crippen molar-refractivity contribution in [3.05, 3.63) is 35.1 Å². The SMILES string of the molecule is CN1CC[C@]23c4c5ccc(O)c4O[C@H]2C(OC(=O)[C@H](O)[C@@H](O)C(=O)O)=CC[C@@]3(O)[C@H]1C5.O=C(O)C(F)(F)F. The summed E-state index contributed by atoms with van der Waals surface area (Å²) in [6.45, 7) is 0.642. The number of alkyl halides is 3. The number of phenols is 1. The topological polar surface area (TPSA) is 194 Å². The van der Waals surface area contributed by atoms with Crippen molar-refractivity contribution in [2.24, 2.45) is 0 Å². The summed E-state index contributed by atoms with van der Waals surface area (Å²) in [6, 6.07) is 3.12. The Morgan fingerprint density at radius 1 is 1.18 bits per heavy atom. The molecule has 2 heterocycles. The van der Waals surface area contributed by atoms with Crippen LogP contribution in [0, 0.1) is 0 Å². The third-order valence-corrected chi connectivity index (χ3v) is 7.61. The van der Waals surface area contributed by atoms with E-state index < -0.39 is 53.4 Å². The molecule has 2 bridgehead atoms. The molecule has 1 aromatic carbocycles. The number of carboxylic acid groups (broad SMARTS) is 2. The fourth-order valence-electron chi connectivity index (χ4n) is 5.88. The van der Waals surface area contributed by atoms with E-state index in [1.807, 2.05) is 13.1 Å². The minimum Gasteiger partial charge on any atom is -0.504 e. The van der Waals surface area contributed by atoms with Crippen LogP contribution in [0.3, 0.4) is 0 Å². The zero-order valence-electron chi connectivity index (χ0n) is 19.7. The van der Waals surface area contributed by atoms with Gasteiger partial charge in [0.25, 0.3) is 0 Å². The van der Waals surface area contributed by atoms with Gasteiger partial charge in [0.2, 0.25) is 0 Å². The number of carbonyl (C=O) groups excluding carboxylic acids is 1. The first-order valence-electron chi connectivity index (χ1n) is 11.3. The number of likely N-dealkylation sites (tertiary alicyclic amines) is 1. The number of aliphatic hydroxyl groups excluding tert-OH is 2. The molecule has 1 spiro atoms. The van der Waals surface area contributed by atoms with Crippen molar-refractivity contribution >= 4 is 17.9 Å². The summed E-state index contributed by atoms with van der Waals surface area (Å²) in [7, 11) is 1.94. The smallest absolute Gasteiger partial charge is 0.490 e. The summed E-state index contributed by atoms with van der Waals surface area (Å²) in [5, 5.41) is 57.7. The Balaban J connectivity index is 0.000000426. The molecule has 12 nitrogen and oxygen atoms in total. The molecule has 6 atom stereocenters. The van der Waals surface area contributed by atoms with Gasteiger partial charge in [0.15, 0.2) is 29.8 Å². The van der Waals surface area contributed by atoms with Crippen LogP contribution in [-0.2, 0) is 31.0 Å². The van der Waals surface area contributed by atoms with E-state index in [1.165, 1.54) is 12.1 Å². The van der Waals surface area contributed by atoms with E-state index in [0.29, 0.717) is 24.9 Å². The summed E-state index contributed by atoms with van der Waals surface area (Å²) < 4.78 is 43.1. The van der Waals surface area contributed by atoms with Gasteiger partial charge in [0, 0.05) is 18.0 Å². The van der Waals surface area contributed by atoms with Crippen LogP contribution in [0.15, 0.2) is 24.0 Å². The predicted molar refractivity (Wildman–Crippen MR) is 116 cm³/mol. The third kappa shape index (κ3) is 3.97. The molecule has 208 valence electrons. The van der Waals surface area contributed by atoms with Crippen molar-refractivity contribution in [3.63, 3.8) is 0 Å². The van der Waals surface area contributed by atoms with Gasteiger partial charge in [-0.25, -0.2) is 14.4 Å².